The number of aromatic nitrogens is 3. The number of hydrogen-bond donors (Lipinski definition) is 1. The van der Waals surface area contributed by atoms with Crippen molar-refractivity contribution in [1.29, 1.82) is 0 Å². The van der Waals surface area contributed by atoms with Crippen LogP contribution in [-0.4, -0.2) is 74.2 Å². The van der Waals surface area contributed by atoms with Crippen molar-refractivity contribution in [2.24, 2.45) is 0 Å². The number of hydrogen-bond acceptors (Lipinski definition) is 6. The molecule has 1 N–H and O–H groups in total. The Morgan fingerprint density at radius 1 is 1.12 bits per heavy atom. The molecule has 0 saturated carbocycles. The van der Waals surface area contributed by atoms with E-state index in [1.54, 1.807) is 17.4 Å². The Labute approximate surface area is 267 Å². The van der Waals surface area contributed by atoms with Crippen LogP contribution in [0.5, 0.6) is 0 Å². The first-order valence-corrected chi connectivity index (χ1v) is 15.9. The Balaban J connectivity index is 1.47. The summed E-state index contributed by atoms with van der Waals surface area (Å²) in [5.41, 5.74) is 3.41. The van der Waals surface area contributed by atoms with Gasteiger partial charge in [0, 0.05) is 59.8 Å². The number of benzene rings is 1. The van der Waals surface area contributed by atoms with E-state index in [-0.39, 0.29) is 24.0 Å². The molecule has 1 aliphatic heterocycles. The number of amides is 2. The van der Waals surface area contributed by atoms with Crippen LogP contribution in [0.15, 0.2) is 53.7 Å². The van der Waals surface area contributed by atoms with Gasteiger partial charge in [-0.2, -0.15) is 0 Å². The SMILES string of the molecule is CC(C)(C)OC(=O)N1CCN(C2c3ccc(Cl)cc3CCc3cc(Br)cnc32)[C@@H](C(=O)NCCC(C)(C)n2ccnc2)C1. The van der Waals surface area contributed by atoms with Gasteiger partial charge in [-0.05, 0) is 105 Å². The zero-order valence-electron chi connectivity index (χ0n) is 25.4. The molecular weight excluding hydrogens is 632 g/mol. The van der Waals surface area contributed by atoms with E-state index in [9.17, 15) is 9.59 Å². The lowest BCUT2D eigenvalue weighted by molar-refractivity contribution is -0.129. The van der Waals surface area contributed by atoms with Crippen LogP contribution in [0.3, 0.4) is 0 Å². The second-order valence-electron chi connectivity index (χ2n) is 12.9. The van der Waals surface area contributed by atoms with Crippen LogP contribution in [0.2, 0.25) is 5.02 Å². The Kier molecular flexibility index (Phi) is 9.20. The van der Waals surface area contributed by atoms with Crippen LogP contribution in [0.1, 0.15) is 69.5 Å². The molecule has 2 aliphatic rings. The number of nitrogens with zero attached hydrogens (tertiary/aromatic N) is 5. The molecule has 0 bridgehead atoms. The largest absolute Gasteiger partial charge is 0.444 e. The molecule has 11 heteroatoms. The average molecular weight is 672 g/mol. The number of fused-ring (bicyclic) bond motifs is 2. The quantitative estimate of drug-likeness (QED) is 0.359. The lowest BCUT2D eigenvalue weighted by atomic mass is 9.94. The standard InChI is InChI=1S/C32H40BrClN6O3/c1-31(2,3)43-30(42)38-14-15-40(26(19-38)29(41)36-11-10-32(4,5)39-13-12-35-20-39)28-25-9-8-24(34)17-21(25)6-7-22-16-23(33)18-37-27(22)28/h8-9,12-13,16-18,20,26,28H,6-7,10-11,14-15,19H2,1-5H3,(H,36,41)/t26-,28?/m1/s1. The van der Waals surface area contributed by atoms with Gasteiger partial charge < -0.3 is 19.5 Å². The summed E-state index contributed by atoms with van der Waals surface area (Å²) in [7, 11) is 0. The van der Waals surface area contributed by atoms with E-state index >= 15 is 0 Å². The molecule has 2 amide bonds. The van der Waals surface area contributed by atoms with Gasteiger partial charge in [-0.25, -0.2) is 9.78 Å². The first-order chi connectivity index (χ1) is 20.3. The molecule has 9 nitrogen and oxygen atoms in total. The minimum absolute atomic E-state index is 0.131. The van der Waals surface area contributed by atoms with E-state index in [0.29, 0.717) is 31.1 Å². The fourth-order valence-corrected chi connectivity index (χ4v) is 6.51. The highest BCUT2D eigenvalue weighted by molar-refractivity contribution is 9.10. The maximum atomic E-state index is 14.1. The topological polar surface area (TPSA) is 92.6 Å². The van der Waals surface area contributed by atoms with E-state index in [1.807, 2.05) is 49.9 Å². The number of carbonyl (C=O) groups is 2. The first kappa shape index (κ1) is 31.5. The summed E-state index contributed by atoms with van der Waals surface area (Å²) in [6.07, 6.45) is 9.22. The third-order valence-corrected chi connectivity index (χ3v) is 8.91. The van der Waals surface area contributed by atoms with Gasteiger partial charge in [0.2, 0.25) is 5.91 Å². The maximum absolute atomic E-state index is 14.1. The highest BCUT2D eigenvalue weighted by Gasteiger charge is 2.42. The summed E-state index contributed by atoms with van der Waals surface area (Å²) in [5, 5.41) is 3.87. The summed E-state index contributed by atoms with van der Waals surface area (Å²) in [5.74, 6) is -0.131. The van der Waals surface area contributed by atoms with E-state index in [2.05, 4.69) is 57.1 Å². The molecule has 3 heterocycles. The summed E-state index contributed by atoms with van der Waals surface area (Å²) in [4.78, 5) is 40.2. The van der Waals surface area contributed by atoms with Crippen LogP contribution in [0.4, 0.5) is 4.79 Å². The third-order valence-electron chi connectivity index (χ3n) is 8.24. The van der Waals surface area contributed by atoms with Gasteiger partial charge in [-0.15, -0.1) is 0 Å². The van der Waals surface area contributed by atoms with Gasteiger partial charge in [0.25, 0.3) is 0 Å². The fourth-order valence-electron chi connectivity index (χ4n) is 5.94. The second kappa shape index (κ2) is 12.6. The van der Waals surface area contributed by atoms with Crippen LogP contribution < -0.4 is 5.32 Å². The molecular formula is C32H40BrClN6O3. The van der Waals surface area contributed by atoms with Crippen molar-refractivity contribution < 1.29 is 14.3 Å². The molecule has 1 fully saturated rings. The van der Waals surface area contributed by atoms with Crippen molar-refractivity contribution >= 4 is 39.5 Å². The minimum atomic E-state index is -0.638. The Morgan fingerprint density at radius 2 is 1.88 bits per heavy atom. The number of piperazine rings is 1. The molecule has 43 heavy (non-hydrogen) atoms. The number of nitrogens with one attached hydrogen (secondary N) is 1. The van der Waals surface area contributed by atoms with Gasteiger partial charge in [-0.3, -0.25) is 14.7 Å². The monoisotopic (exact) mass is 670 g/mol. The molecule has 1 aliphatic carbocycles. The zero-order valence-corrected chi connectivity index (χ0v) is 27.8. The van der Waals surface area contributed by atoms with Crippen LogP contribution in [0.25, 0.3) is 0 Å². The molecule has 3 aromatic rings. The van der Waals surface area contributed by atoms with Crippen molar-refractivity contribution in [2.45, 2.75) is 77.1 Å². The highest BCUT2D eigenvalue weighted by Crippen LogP contribution is 2.39. The predicted octanol–water partition coefficient (Wildman–Crippen LogP) is 5.74. The van der Waals surface area contributed by atoms with E-state index in [0.717, 1.165) is 39.7 Å². The first-order valence-electron chi connectivity index (χ1n) is 14.7. The summed E-state index contributed by atoms with van der Waals surface area (Å²) < 4.78 is 8.67. The lowest BCUT2D eigenvalue weighted by Gasteiger charge is -2.44. The maximum Gasteiger partial charge on any atom is 0.410 e. The van der Waals surface area contributed by atoms with Crippen LogP contribution in [0, 0.1) is 0 Å². The zero-order chi connectivity index (χ0) is 30.9. The molecule has 0 spiro atoms. The van der Waals surface area contributed by atoms with Crippen molar-refractivity contribution in [1.82, 2.24) is 29.7 Å². The number of imidazole rings is 1. The van der Waals surface area contributed by atoms with Crippen molar-refractivity contribution in [2.75, 3.05) is 26.2 Å². The summed E-state index contributed by atoms with van der Waals surface area (Å²) >= 11 is 10.0. The van der Waals surface area contributed by atoms with Gasteiger partial charge in [0.15, 0.2) is 0 Å². The number of halogens is 2. The smallest absolute Gasteiger partial charge is 0.410 e. The van der Waals surface area contributed by atoms with Crippen LogP contribution in [-0.2, 0) is 27.9 Å². The second-order valence-corrected chi connectivity index (χ2v) is 14.3. The fraction of sp³-hybridized carbons (Fsp3) is 0.500. The minimum Gasteiger partial charge on any atom is -0.444 e. The van der Waals surface area contributed by atoms with Crippen molar-refractivity contribution in [3.63, 3.8) is 0 Å². The molecule has 2 aromatic heterocycles. The van der Waals surface area contributed by atoms with Gasteiger partial charge in [0.05, 0.1) is 18.1 Å². The van der Waals surface area contributed by atoms with E-state index < -0.39 is 17.7 Å². The number of aryl methyl sites for hydroxylation is 2. The predicted molar refractivity (Wildman–Crippen MR) is 170 cm³/mol. The van der Waals surface area contributed by atoms with Crippen LogP contribution >= 0.6 is 27.5 Å². The lowest BCUT2D eigenvalue weighted by Crippen LogP contribution is -2.61. The normalized spacial score (nSPS) is 19.3. The van der Waals surface area contributed by atoms with Gasteiger partial charge in [-0.1, -0.05) is 17.7 Å². The van der Waals surface area contributed by atoms with Gasteiger partial charge in [0.1, 0.15) is 11.6 Å². The molecule has 5 rings (SSSR count). The van der Waals surface area contributed by atoms with Crippen molar-refractivity contribution in [3.05, 3.63) is 81.1 Å². The van der Waals surface area contributed by atoms with Gasteiger partial charge >= 0.3 is 6.09 Å². The molecule has 0 radical (unpaired) electrons. The average Bonchev–Trinajstić information content (AvgIpc) is 3.44. The molecule has 2 atom stereocenters. The third kappa shape index (κ3) is 7.24. The highest BCUT2D eigenvalue weighted by atomic mass is 79.9. The summed E-state index contributed by atoms with van der Waals surface area (Å²) in [6, 6.07) is 7.20. The van der Waals surface area contributed by atoms with E-state index in [4.69, 9.17) is 21.3 Å². The Hall–Kier alpha value is -2.95. The Morgan fingerprint density at radius 3 is 2.60 bits per heavy atom. The van der Waals surface area contributed by atoms with Crippen molar-refractivity contribution in [3.8, 4) is 0 Å². The number of pyridine rings is 1. The number of ether oxygens (including phenoxy) is 1. The molecule has 230 valence electrons. The molecule has 1 unspecified atom stereocenters. The van der Waals surface area contributed by atoms with E-state index in [1.165, 1.54) is 0 Å². The molecule has 1 saturated heterocycles. The Bertz CT molecular complexity index is 1420. The summed E-state index contributed by atoms with van der Waals surface area (Å²) in [6.45, 7) is 11.4. The number of rotatable bonds is 6. The number of carbonyl (C=O) groups excluding carboxylic acids is 2. The molecule has 1 aromatic carbocycles.